The van der Waals surface area contributed by atoms with E-state index in [0.717, 1.165) is 12.7 Å². The summed E-state index contributed by atoms with van der Waals surface area (Å²) in [6.07, 6.45) is 1.53. The van der Waals surface area contributed by atoms with E-state index in [0.29, 0.717) is 22.0 Å². The van der Waals surface area contributed by atoms with Gasteiger partial charge in [0, 0.05) is 19.8 Å². The average Bonchev–Trinajstić information content (AvgIpc) is 2.55. The number of methoxy groups -OCH3 is 1. The molecule has 0 aliphatic rings. The first-order chi connectivity index (χ1) is 11.8. The fourth-order valence-corrected chi connectivity index (χ4v) is 4.41. The van der Waals surface area contributed by atoms with Gasteiger partial charge in [-0.05, 0) is 88.0 Å². The third-order valence-electron chi connectivity index (χ3n) is 3.35. The lowest BCUT2D eigenvalue weighted by molar-refractivity contribution is -0.112. The summed E-state index contributed by atoms with van der Waals surface area (Å²) < 4.78 is 7.28. The first-order valence-electron chi connectivity index (χ1n) is 7.08. The van der Waals surface area contributed by atoms with Gasteiger partial charge in [0.05, 0.1) is 10.7 Å². The fourth-order valence-electron chi connectivity index (χ4n) is 2.13. The molecule has 0 aromatic heterocycles. The maximum Gasteiger partial charge on any atom is 0.266 e. The van der Waals surface area contributed by atoms with Crippen molar-refractivity contribution in [2.75, 3.05) is 12.4 Å². The van der Waals surface area contributed by atoms with Gasteiger partial charge in [-0.15, -0.1) is 0 Å². The lowest BCUT2D eigenvalue weighted by Crippen LogP contribution is -2.14. The van der Waals surface area contributed by atoms with E-state index in [4.69, 9.17) is 16.3 Å². The van der Waals surface area contributed by atoms with Crippen LogP contribution in [-0.2, 0) is 4.79 Å². The number of carbonyl (C=O) groups is 1. The minimum absolute atomic E-state index is 0.0181. The van der Waals surface area contributed by atoms with Crippen LogP contribution in [0.5, 0.6) is 5.75 Å². The highest BCUT2D eigenvalue weighted by Crippen LogP contribution is 2.30. The summed E-state index contributed by atoms with van der Waals surface area (Å²) in [6.45, 7) is 1.85. The van der Waals surface area contributed by atoms with Gasteiger partial charge < -0.3 is 10.1 Å². The van der Waals surface area contributed by atoms with E-state index in [9.17, 15) is 10.1 Å². The van der Waals surface area contributed by atoms with Gasteiger partial charge in [-0.3, -0.25) is 4.79 Å². The fraction of sp³-hybridized carbons (Fsp3) is 0.111. The Bertz CT molecular complexity index is 905. The van der Waals surface area contributed by atoms with Gasteiger partial charge in [-0.1, -0.05) is 17.7 Å². The molecule has 1 amide bonds. The van der Waals surface area contributed by atoms with Crippen LogP contribution in [0.3, 0.4) is 0 Å². The molecule has 0 bridgehead atoms. The molecule has 128 valence electrons. The van der Waals surface area contributed by atoms with Crippen molar-refractivity contribution in [3.63, 3.8) is 0 Å². The van der Waals surface area contributed by atoms with Crippen molar-refractivity contribution in [2.24, 2.45) is 0 Å². The number of hydrogen-bond donors (Lipinski definition) is 1. The third kappa shape index (κ3) is 5.09. The van der Waals surface area contributed by atoms with Gasteiger partial charge in [0.25, 0.3) is 5.91 Å². The Morgan fingerprint density at radius 2 is 2.04 bits per heavy atom. The zero-order valence-electron chi connectivity index (χ0n) is 13.4. The number of nitrogens with one attached hydrogen (secondary N) is 1. The molecule has 0 unspecified atom stereocenters. The van der Waals surface area contributed by atoms with Crippen molar-refractivity contribution in [1.29, 1.82) is 5.26 Å². The number of nitrogens with zero attached hydrogens (tertiary/aromatic N) is 1. The molecule has 0 atom stereocenters. The minimum atomic E-state index is -0.496. The van der Waals surface area contributed by atoms with E-state index in [1.807, 2.05) is 25.1 Å². The second-order valence-electron chi connectivity index (χ2n) is 5.09. The molecule has 0 fully saturated rings. The Morgan fingerprint density at radius 1 is 1.32 bits per heavy atom. The van der Waals surface area contributed by atoms with E-state index in [1.165, 1.54) is 6.08 Å². The quantitative estimate of drug-likeness (QED) is 0.300. The molecule has 0 aliphatic carbocycles. The summed E-state index contributed by atoms with van der Waals surface area (Å²) in [4.78, 5) is 12.5. The summed E-state index contributed by atoms with van der Waals surface area (Å²) in [5.41, 5.74) is 2.09. The monoisotopic (exact) mass is 578 g/mol. The Hall–Kier alpha value is -1.31. The molecule has 4 nitrogen and oxygen atoms in total. The lowest BCUT2D eigenvalue weighted by Gasteiger charge is -2.10. The molecule has 0 saturated carbocycles. The number of benzene rings is 2. The number of ether oxygens (including phenoxy) is 1. The topological polar surface area (TPSA) is 62.1 Å². The molecule has 0 radical (unpaired) electrons. The molecule has 0 saturated heterocycles. The van der Waals surface area contributed by atoms with E-state index >= 15 is 0 Å². The third-order valence-corrected chi connectivity index (χ3v) is 5.01. The standard InChI is InChI=1S/C18H13ClI2N2O2/c1-10-3-4-13(19)7-16(10)23-18(24)12(9-22)5-11-6-14(20)8-15(21)17(11)25-2/h3-8H,1-2H3,(H,23,24)/b12-5+. The summed E-state index contributed by atoms with van der Waals surface area (Å²) in [5, 5.41) is 12.7. The number of hydrogen-bond acceptors (Lipinski definition) is 3. The van der Waals surface area contributed by atoms with E-state index in [-0.39, 0.29) is 5.57 Å². The summed E-state index contributed by atoms with van der Waals surface area (Å²) in [5.74, 6) is 0.129. The van der Waals surface area contributed by atoms with Crippen LogP contribution < -0.4 is 10.1 Å². The maximum absolute atomic E-state index is 12.5. The number of aryl methyl sites for hydroxylation is 1. The molecule has 0 heterocycles. The van der Waals surface area contributed by atoms with Crippen LogP contribution in [-0.4, -0.2) is 13.0 Å². The maximum atomic E-state index is 12.5. The largest absolute Gasteiger partial charge is 0.495 e. The van der Waals surface area contributed by atoms with Crippen LogP contribution in [0, 0.1) is 25.4 Å². The zero-order chi connectivity index (χ0) is 18.6. The molecule has 2 rings (SSSR count). The highest BCUT2D eigenvalue weighted by Gasteiger charge is 2.14. The molecule has 7 heteroatoms. The summed E-state index contributed by atoms with van der Waals surface area (Å²) >= 11 is 10.3. The molecule has 25 heavy (non-hydrogen) atoms. The molecule has 2 aromatic carbocycles. The Balaban J connectivity index is 2.40. The number of halogens is 3. The van der Waals surface area contributed by atoms with Crippen molar-refractivity contribution < 1.29 is 9.53 Å². The minimum Gasteiger partial charge on any atom is -0.495 e. The van der Waals surface area contributed by atoms with E-state index in [2.05, 4.69) is 50.5 Å². The first-order valence-corrected chi connectivity index (χ1v) is 9.61. The van der Waals surface area contributed by atoms with Crippen LogP contribution >= 0.6 is 56.8 Å². The second kappa shape index (κ2) is 8.87. The van der Waals surface area contributed by atoms with Gasteiger partial charge in [0.2, 0.25) is 0 Å². The molecular formula is C18H13ClI2N2O2. The van der Waals surface area contributed by atoms with Crippen molar-refractivity contribution in [3.05, 3.63) is 59.2 Å². The highest BCUT2D eigenvalue weighted by atomic mass is 127. The van der Waals surface area contributed by atoms with E-state index < -0.39 is 5.91 Å². The summed E-state index contributed by atoms with van der Waals surface area (Å²) in [6, 6.07) is 11.0. The first kappa shape index (κ1) is 20.0. The van der Waals surface area contributed by atoms with E-state index in [1.54, 1.807) is 25.3 Å². The summed E-state index contributed by atoms with van der Waals surface area (Å²) in [7, 11) is 1.56. The van der Waals surface area contributed by atoms with Crippen molar-refractivity contribution in [1.82, 2.24) is 0 Å². The van der Waals surface area contributed by atoms with Crippen LogP contribution in [0.25, 0.3) is 6.08 Å². The number of rotatable bonds is 4. The van der Waals surface area contributed by atoms with Gasteiger partial charge >= 0.3 is 0 Å². The van der Waals surface area contributed by atoms with Crippen molar-refractivity contribution >= 4 is 74.5 Å². The Morgan fingerprint density at radius 3 is 2.68 bits per heavy atom. The molecule has 1 N–H and O–H groups in total. The van der Waals surface area contributed by atoms with Gasteiger partial charge in [0.15, 0.2) is 0 Å². The van der Waals surface area contributed by atoms with Crippen LogP contribution in [0.15, 0.2) is 35.9 Å². The number of anilines is 1. The van der Waals surface area contributed by atoms with Crippen LogP contribution in [0.4, 0.5) is 5.69 Å². The van der Waals surface area contributed by atoms with Gasteiger partial charge in [-0.25, -0.2) is 0 Å². The number of nitriles is 1. The van der Waals surface area contributed by atoms with Crippen LogP contribution in [0.2, 0.25) is 5.02 Å². The highest BCUT2D eigenvalue weighted by molar-refractivity contribution is 14.1. The van der Waals surface area contributed by atoms with Crippen molar-refractivity contribution in [2.45, 2.75) is 6.92 Å². The number of amides is 1. The SMILES string of the molecule is COc1c(I)cc(I)cc1/C=C(\C#N)C(=O)Nc1cc(Cl)ccc1C. The smallest absolute Gasteiger partial charge is 0.266 e. The molecule has 0 aliphatic heterocycles. The zero-order valence-corrected chi connectivity index (χ0v) is 18.4. The Kier molecular flexibility index (Phi) is 7.10. The Labute approximate surface area is 178 Å². The predicted octanol–water partition coefficient (Wildman–Crippen LogP) is 5.41. The van der Waals surface area contributed by atoms with Crippen LogP contribution in [0.1, 0.15) is 11.1 Å². The molecule has 2 aromatic rings. The molecular weight excluding hydrogens is 565 g/mol. The number of carbonyl (C=O) groups excluding carboxylic acids is 1. The molecule has 0 spiro atoms. The average molecular weight is 579 g/mol. The normalized spacial score (nSPS) is 11.0. The lowest BCUT2D eigenvalue weighted by atomic mass is 10.1. The second-order valence-corrected chi connectivity index (χ2v) is 7.94. The van der Waals surface area contributed by atoms with Crippen molar-refractivity contribution in [3.8, 4) is 11.8 Å². The van der Waals surface area contributed by atoms with Gasteiger partial charge in [0.1, 0.15) is 17.4 Å². The predicted molar refractivity (Wildman–Crippen MR) is 117 cm³/mol. The van der Waals surface area contributed by atoms with Gasteiger partial charge in [-0.2, -0.15) is 5.26 Å².